The van der Waals surface area contributed by atoms with Crippen LogP contribution >= 0.6 is 0 Å². The van der Waals surface area contributed by atoms with Gasteiger partial charge in [-0.2, -0.15) is 13.2 Å². The fraction of sp³-hybridized carbons (Fsp3) is 0.278. The van der Waals surface area contributed by atoms with Crippen molar-refractivity contribution in [1.82, 2.24) is 0 Å². The van der Waals surface area contributed by atoms with Gasteiger partial charge in [-0.1, -0.05) is 24.3 Å². The van der Waals surface area contributed by atoms with Crippen LogP contribution in [-0.2, 0) is 6.18 Å². The molecule has 0 amide bonds. The molecule has 1 unspecified atom stereocenters. The molecule has 0 aliphatic heterocycles. The van der Waals surface area contributed by atoms with E-state index in [1.54, 1.807) is 43.1 Å². The van der Waals surface area contributed by atoms with Crippen LogP contribution in [0.15, 0.2) is 36.4 Å². The van der Waals surface area contributed by atoms with Gasteiger partial charge in [-0.25, -0.2) is 0 Å². The average molecular weight is 318 g/mol. The normalized spacial score (nSPS) is 17.3. The van der Waals surface area contributed by atoms with Crippen molar-refractivity contribution in [2.75, 3.05) is 11.9 Å². The van der Waals surface area contributed by atoms with E-state index in [0.717, 1.165) is 11.6 Å². The Morgan fingerprint density at radius 3 is 2.65 bits per heavy atom. The minimum Gasteiger partial charge on any atom is -0.367 e. The molecular weight excluding hydrogens is 303 g/mol. The third-order valence-electron chi connectivity index (χ3n) is 4.23. The summed E-state index contributed by atoms with van der Waals surface area (Å²) in [5.41, 5.74) is 1.33. The Morgan fingerprint density at radius 2 is 1.96 bits per heavy atom. The van der Waals surface area contributed by atoms with E-state index in [9.17, 15) is 18.0 Å². The molecule has 1 atom stereocenters. The van der Waals surface area contributed by atoms with Crippen LogP contribution in [0.5, 0.6) is 0 Å². The molecule has 0 fully saturated rings. The van der Waals surface area contributed by atoms with E-state index in [1.807, 2.05) is 0 Å². The summed E-state index contributed by atoms with van der Waals surface area (Å²) in [4.78, 5) is 13.7. The molecular formula is C18H15F3NO. The molecule has 0 saturated carbocycles. The number of nitrogens with zero attached hydrogens (tertiary/aromatic N) is 1. The maximum Gasteiger partial charge on any atom is 0.418 e. The lowest BCUT2D eigenvalue weighted by atomic mass is 10.0. The first-order chi connectivity index (χ1) is 10.8. The molecule has 2 aromatic rings. The fourth-order valence-electron chi connectivity index (χ4n) is 3.05. The number of carbonyl (C=O) groups excluding carboxylic acids is 1. The number of ketones is 1. The zero-order valence-corrected chi connectivity index (χ0v) is 12.7. The third kappa shape index (κ3) is 2.71. The zero-order valence-electron chi connectivity index (χ0n) is 12.7. The van der Waals surface area contributed by atoms with E-state index in [0.29, 0.717) is 11.1 Å². The molecule has 119 valence electrons. The minimum absolute atomic E-state index is 0.0368. The highest BCUT2D eigenvalue weighted by molar-refractivity contribution is 6.01. The van der Waals surface area contributed by atoms with E-state index < -0.39 is 11.7 Å². The summed E-state index contributed by atoms with van der Waals surface area (Å²) in [6.07, 6.45) is -4.28. The predicted molar refractivity (Wildman–Crippen MR) is 81.6 cm³/mol. The largest absolute Gasteiger partial charge is 0.418 e. The second-order valence-electron chi connectivity index (χ2n) is 5.75. The molecule has 0 aromatic heterocycles. The maximum absolute atomic E-state index is 13.3. The summed E-state index contributed by atoms with van der Waals surface area (Å²) < 4.78 is 39.9. The van der Waals surface area contributed by atoms with E-state index in [1.165, 1.54) is 6.07 Å². The van der Waals surface area contributed by atoms with Gasteiger partial charge in [0.1, 0.15) is 0 Å². The van der Waals surface area contributed by atoms with Gasteiger partial charge in [-0.15, -0.1) is 0 Å². The number of carbonyl (C=O) groups is 1. The lowest BCUT2D eigenvalue weighted by Crippen LogP contribution is -2.25. The van der Waals surface area contributed by atoms with Crippen LogP contribution < -0.4 is 4.90 Å². The standard InChI is InChI=1S/C18H15F3NO/c1-11-7-8-14(18(19,20)21)16(9-11)22(2)15-10-17(23)13-6-4-3-5-12(13)15/h3-6,8-9,15H,10H2,1-2H3. The molecule has 0 bridgehead atoms. The summed E-state index contributed by atoms with van der Waals surface area (Å²) in [6.45, 7) is 1.70. The summed E-state index contributed by atoms with van der Waals surface area (Å²) >= 11 is 0. The van der Waals surface area contributed by atoms with Gasteiger partial charge in [0.25, 0.3) is 0 Å². The van der Waals surface area contributed by atoms with Crippen molar-refractivity contribution in [2.24, 2.45) is 0 Å². The average Bonchev–Trinajstić information content (AvgIpc) is 2.83. The topological polar surface area (TPSA) is 20.3 Å². The first-order valence-electron chi connectivity index (χ1n) is 7.23. The number of fused-ring (bicyclic) bond motifs is 1. The van der Waals surface area contributed by atoms with Crippen molar-refractivity contribution in [1.29, 1.82) is 0 Å². The summed E-state index contributed by atoms with van der Waals surface area (Å²) in [6, 6.07) is 11.8. The molecule has 2 nitrogen and oxygen atoms in total. The van der Waals surface area contributed by atoms with Crippen LogP contribution in [0.3, 0.4) is 0 Å². The third-order valence-corrected chi connectivity index (χ3v) is 4.23. The van der Waals surface area contributed by atoms with E-state index in [-0.39, 0.29) is 23.9 Å². The molecule has 2 aromatic carbocycles. The van der Waals surface area contributed by atoms with E-state index in [4.69, 9.17) is 0 Å². The van der Waals surface area contributed by atoms with Crippen LogP contribution in [0, 0.1) is 13.0 Å². The Labute approximate surface area is 132 Å². The van der Waals surface area contributed by atoms with Crippen LogP contribution in [0.2, 0.25) is 0 Å². The zero-order chi connectivity index (χ0) is 16.8. The Kier molecular flexibility index (Phi) is 3.66. The van der Waals surface area contributed by atoms with Crippen LogP contribution in [0.1, 0.15) is 39.5 Å². The summed E-state index contributed by atoms with van der Waals surface area (Å²) in [7, 11) is 1.60. The monoisotopic (exact) mass is 318 g/mol. The van der Waals surface area contributed by atoms with E-state index in [2.05, 4.69) is 6.07 Å². The number of alkyl halides is 3. The number of hydrogen-bond donors (Lipinski definition) is 0. The SMILES string of the molecule is Cc1[c]cc(C(F)(F)F)c(N(C)C2CC(=O)c3ccccc32)c1. The molecule has 1 aliphatic rings. The molecule has 3 rings (SSSR count). The van der Waals surface area contributed by atoms with Crippen molar-refractivity contribution >= 4 is 11.5 Å². The molecule has 0 heterocycles. The Balaban J connectivity index is 2.07. The molecule has 0 spiro atoms. The maximum atomic E-state index is 13.3. The highest BCUT2D eigenvalue weighted by atomic mass is 19.4. The number of benzene rings is 2. The van der Waals surface area contributed by atoms with Gasteiger partial charge in [-0.3, -0.25) is 4.79 Å². The fourth-order valence-corrected chi connectivity index (χ4v) is 3.05. The smallest absolute Gasteiger partial charge is 0.367 e. The first-order valence-corrected chi connectivity index (χ1v) is 7.23. The number of anilines is 1. The molecule has 0 N–H and O–H groups in total. The highest BCUT2D eigenvalue weighted by Gasteiger charge is 2.38. The molecule has 5 heteroatoms. The number of halogens is 3. The second kappa shape index (κ2) is 5.41. The molecule has 1 radical (unpaired) electrons. The van der Waals surface area contributed by atoms with Gasteiger partial charge in [0.15, 0.2) is 5.78 Å². The highest BCUT2D eigenvalue weighted by Crippen LogP contribution is 2.42. The van der Waals surface area contributed by atoms with Crippen LogP contribution in [0.4, 0.5) is 18.9 Å². The van der Waals surface area contributed by atoms with Gasteiger partial charge in [-0.05, 0) is 36.2 Å². The van der Waals surface area contributed by atoms with Gasteiger partial charge in [0.05, 0.1) is 11.6 Å². The van der Waals surface area contributed by atoms with Gasteiger partial charge < -0.3 is 4.90 Å². The van der Waals surface area contributed by atoms with Crippen molar-refractivity contribution in [3.63, 3.8) is 0 Å². The van der Waals surface area contributed by atoms with Crippen molar-refractivity contribution < 1.29 is 18.0 Å². The minimum atomic E-state index is -4.46. The quantitative estimate of drug-likeness (QED) is 0.808. The van der Waals surface area contributed by atoms with Gasteiger partial charge >= 0.3 is 6.18 Å². The Morgan fingerprint density at radius 1 is 1.26 bits per heavy atom. The second-order valence-corrected chi connectivity index (χ2v) is 5.75. The lowest BCUT2D eigenvalue weighted by molar-refractivity contribution is -0.137. The van der Waals surface area contributed by atoms with Crippen molar-refractivity contribution in [3.05, 3.63) is 64.7 Å². The summed E-state index contributed by atoms with van der Waals surface area (Å²) in [5.74, 6) is -0.0368. The first kappa shape index (κ1) is 15.6. The number of rotatable bonds is 2. The number of Topliss-reactive ketones (excluding diaryl/α,β-unsaturated/α-hetero) is 1. The molecule has 0 saturated heterocycles. The van der Waals surface area contributed by atoms with Crippen molar-refractivity contribution in [2.45, 2.75) is 25.6 Å². The molecule has 1 aliphatic carbocycles. The predicted octanol–water partition coefficient (Wildman–Crippen LogP) is 4.58. The number of hydrogen-bond acceptors (Lipinski definition) is 2. The van der Waals surface area contributed by atoms with Crippen LogP contribution in [-0.4, -0.2) is 12.8 Å². The lowest BCUT2D eigenvalue weighted by Gasteiger charge is -2.30. The number of aryl methyl sites for hydroxylation is 1. The van der Waals surface area contributed by atoms with Crippen LogP contribution in [0.25, 0.3) is 0 Å². The molecule has 23 heavy (non-hydrogen) atoms. The van der Waals surface area contributed by atoms with Gasteiger partial charge in [0.2, 0.25) is 0 Å². The Hall–Kier alpha value is -2.30. The Bertz CT molecular complexity index is 767. The summed E-state index contributed by atoms with van der Waals surface area (Å²) in [5, 5.41) is 0. The van der Waals surface area contributed by atoms with E-state index >= 15 is 0 Å². The van der Waals surface area contributed by atoms with Crippen molar-refractivity contribution in [3.8, 4) is 0 Å². The van der Waals surface area contributed by atoms with Gasteiger partial charge in [0, 0.05) is 24.7 Å².